The van der Waals surface area contributed by atoms with Crippen molar-refractivity contribution in [1.82, 2.24) is 20.0 Å². The molecule has 0 saturated carbocycles. The molecule has 0 fully saturated rings. The number of aryl methyl sites for hydroxylation is 1. The monoisotopic (exact) mass is 333 g/mol. The smallest absolute Gasteiger partial charge is 0.151 e. The molecule has 0 radical (unpaired) electrons. The topological polar surface area (TPSA) is 67.1 Å². The normalized spacial score (nSPS) is 14.4. The van der Waals surface area contributed by atoms with E-state index in [1.165, 1.54) is 5.57 Å². The van der Waals surface area contributed by atoms with E-state index < -0.39 is 0 Å². The average molecular weight is 333 g/mol. The van der Waals surface area contributed by atoms with Crippen molar-refractivity contribution in [2.45, 2.75) is 6.42 Å². The van der Waals surface area contributed by atoms with Gasteiger partial charge in [-0.2, -0.15) is 5.10 Å². The van der Waals surface area contributed by atoms with Crippen LogP contribution in [-0.4, -0.2) is 38.2 Å². The molecule has 1 aromatic carbocycles. The van der Waals surface area contributed by atoms with Crippen LogP contribution in [0.2, 0.25) is 0 Å². The molecule has 2 aromatic heterocycles. The van der Waals surface area contributed by atoms with E-state index in [4.69, 9.17) is 0 Å². The lowest BCUT2D eigenvalue weighted by molar-refractivity contribution is 0.475. The molecule has 0 atom stereocenters. The summed E-state index contributed by atoms with van der Waals surface area (Å²) in [5.41, 5.74) is 4.26. The highest BCUT2D eigenvalue weighted by molar-refractivity contribution is 5.69. The Kier molecular flexibility index (Phi) is 3.93. The first-order chi connectivity index (χ1) is 12.2. The van der Waals surface area contributed by atoms with Gasteiger partial charge in [0.05, 0.1) is 11.9 Å². The molecular formula is C19H19N5O. The van der Waals surface area contributed by atoms with Crippen LogP contribution < -0.4 is 4.90 Å². The quantitative estimate of drug-likeness (QED) is 0.798. The van der Waals surface area contributed by atoms with Gasteiger partial charge >= 0.3 is 0 Å². The largest absolute Gasteiger partial charge is 0.508 e. The Labute approximate surface area is 146 Å². The fraction of sp³-hybridized carbons (Fsp3) is 0.211. The highest BCUT2D eigenvalue weighted by Crippen LogP contribution is 2.26. The summed E-state index contributed by atoms with van der Waals surface area (Å²) in [5, 5.41) is 22.3. The maximum atomic E-state index is 9.40. The third kappa shape index (κ3) is 3.24. The summed E-state index contributed by atoms with van der Waals surface area (Å²) in [6, 6.07) is 11.4. The van der Waals surface area contributed by atoms with Crippen molar-refractivity contribution in [2.75, 3.05) is 18.0 Å². The van der Waals surface area contributed by atoms with Crippen LogP contribution in [0.5, 0.6) is 5.75 Å². The van der Waals surface area contributed by atoms with Gasteiger partial charge in [0.15, 0.2) is 5.82 Å². The van der Waals surface area contributed by atoms with Crippen LogP contribution in [-0.2, 0) is 7.05 Å². The third-order valence-electron chi connectivity index (χ3n) is 4.42. The van der Waals surface area contributed by atoms with Crippen LogP contribution in [0.25, 0.3) is 16.8 Å². The molecule has 6 heteroatoms. The first kappa shape index (κ1) is 15.4. The minimum atomic E-state index is 0.297. The molecule has 25 heavy (non-hydrogen) atoms. The van der Waals surface area contributed by atoms with Crippen LogP contribution >= 0.6 is 0 Å². The van der Waals surface area contributed by atoms with E-state index in [1.54, 1.807) is 23.0 Å². The number of phenolic OH excluding ortho intramolecular Hbond substituents is 1. The number of aromatic hydroxyl groups is 1. The molecule has 3 aromatic rings. The Morgan fingerprint density at radius 2 is 1.84 bits per heavy atom. The fourth-order valence-corrected chi connectivity index (χ4v) is 3.02. The second-order valence-electron chi connectivity index (χ2n) is 6.15. The SMILES string of the molecule is Cn1cc(-c2ccc(N3CC=C(c4ccc(O)cc4)CC3)nn2)cn1. The van der Waals surface area contributed by atoms with Gasteiger partial charge in [0.1, 0.15) is 5.75 Å². The predicted octanol–water partition coefficient (Wildman–Crippen LogP) is 2.88. The molecular weight excluding hydrogens is 314 g/mol. The van der Waals surface area contributed by atoms with Crippen LogP contribution in [0.15, 0.2) is 54.9 Å². The molecule has 126 valence electrons. The van der Waals surface area contributed by atoms with Crippen molar-refractivity contribution in [2.24, 2.45) is 7.05 Å². The number of anilines is 1. The molecule has 0 amide bonds. The first-order valence-electron chi connectivity index (χ1n) is 8.25. The van der Waals surface area contributed by atoms with Gasteiger partial charge in [-0.25, -0.2) is 0 Å². The number of hydrogen-bond donors (Lipinski definition) is 1. The fourth-order valence-electron chi connectivity index (χ4n) is 3.02. The van der Waals surface area contributed by atoms with Crippen LogP contribution in [0.1, 0.15) is 12.0 Å². The summed E-state index contributed by atoms with van der Waals surface area (Å²) in [6.07, 6.45) is 6.87. The van der Waals surface area contributed by atoms with E-state index >= 15 is 0 Å². The second kappa shape index (κ2) is 6.39. The van der Waals surface area contributed by atoms with Gasteiger partial charge in [-0.15, -0.1) is 10.2 Å². The average Bonchev–Trinajstić information content (AvgIpc) is 3.09. The van der Waals surface area contributed by atoms with Gasteiger partial charge in [0.25, 0.3) is 0 Å². The summed E-state index contributed by atoms with van der Waals surface area (Å²) in [5.74, 6) is 1.18. The molecule has 1 aliphatic heterocycles. The van der Waals surface area contributed by atoms with Gasteiger partial charge in [-0.3, -0.25) is 4.68 Å². The van der Waals surface area contributed by atoms with Crippen LogP contribution in [0.4, 0.5) is 5.82 Å². The van der Waals surface area contributed by atoms with Crippen LogP contribution in [0, 0.1) is 0 Å². The Bertz CT molecular complexity index is 896. The minimum absolute atomic E-state index is 0.297. The second-order valence-corrected chi connectivity index (χ2v) is 6.15. The Hall–Kier alpha value is -3.15. The summed E-state index contributed by atoms with van der Waals surface area (Å²) in [7, 11) is 1.89. The van der Waals surface area contributed by atoms with Crippen LogP contribution in [0.3, 0.4) is 0 Å². The number of benzene rings is 1. The van der Waals surface area contributed by atoms with Crippen molar-refractivity contribution in [3.63, 3.8) is 0 Å². The number of aromatic nitrogens is 4. The van der Waals surface area contributed by atoms with Gasteiger partial charge in [-0.05, 0) is 41.8 Å². The van der Waals surface area contributed by atoms with Crippen molar-refractivity contribution < 1.29 is 5.11 Å². The molecule has 0 aliphatic carbocycles. The number of rotatable bonds is 3. The summed E-state index contributed by atoms with van der Waals surface area (Å²) >= 11 is 0. The molecule has 0 unspecified atom stereocenters. The standard InChI is InChI=1S/C19H19N5O/c1-23-13-16(12-20-23)18-6-7-19(22-21-18)24-10-8-15(9-11-24)14-2-4-17(25)5-3-14/h2-8,12-13,25H,9-11H2,1H3. The van der Waals surface area contributed by atoms with Crippen molar-refractivity contribution in [1.29, 1.82) is 0 Å². The molecule has 0 spiro atoms. The minimum Gasteiger partial charge on any atom is -0.508 e. The van der Waals surface area contributed by atoms with E-state index in [9.17, 15) is 5.11 Å². The zero-order valence-corrected chi connectivity index (χ0v) is 14.0. The van der Waals surface area contributed by atoms with Gasteiger partial charge in [0, 0.05) is 31.9 Å². The number of phenols is 1. The van der Waals surface area contributed by atoms with E-state index in [1.807, 2.05) is 37.5 Å². The molecule has 4 rings (SSSR count). The Morgan fingerprint density at radius 3 is 2.44 bits per heavy atom. The highest BCUT2D eigenvalue weighted by atomic mass is 16.3. The van der Waals surface area contributed by atoms with Crippen molar-refractivity contribution in [3.8, 4) is 17.0 Å². The zero-order valence-electron chi connectivity index (χ0n) is 14.0. The van der Waals surface area contributed by atoms with Gasteiger partial charge in [0.2, 0.25) is 0 Å². The summed E-state index contributed by atoms with van der Waals surface area (Å²) in [6.45, 7) is 1.70. The lowest BCUT2D eigenvalue weighted by Crippen LogP contribution is -2.29. The predicted molar refractivity (Wildman–Crippen MR) is 97.1 cm³/mol. The molecule has 3 heterocycles. The van der Waals surface area contributed by atoms with E-state index in [2.05, 4.69) is 26.3 Å². The summed E-state index contributed by atoms with van der Waals surface area (Å²) < 4.78 is 1.76. The zero-order chi connectivity index (χ0) is 17.2. The van der Waals surface area contributed by atoms with Gasteiger partial charge in [-0.1, -0.05) is 18.2 Å². The molecule has 1 aliphatic rings. The van der Waals surface area contributed by atoms with Gasteiger partial charge < -0.3 is 10.0 Å². The molecule has 1 N–H and O–H groups in total. The molecule has 0 saturated heterocycles. The lowest BCUT2D eigenvalue weighted by atomic mass is 9.99. The summed E-state index contributed by atoms with van der Waals surface area (Å²) in [4.78, 5) is 2.21. The Morgan fingerprint density at radius 1 is 1.00 bits per heavy atom. The van der Waals surface area contributed by atoms with E-state index in [0.717, 1.165) is 42.1 Å². The third-order valence-corrected chi connectivity index (χ3v) is 4.42. The molecule has 6 nitrogen and oxygen atoms in total. The Balaban J connectivity index is 1.47. The van der Waals surface area contributed by atoms with Crippen molar-refractivity contribution in [3.05, 3.63) is 60.4 Å². The van der Waals surface area contributed by atoms with E-state index in [0.29, 0.717) is 5.75 Å². The number of nitrogens with zero attached hydrogens (tertiary/aromatic N) is 5. The van der Waals surface area contributed by atoms with Crippen molar-refractivity contribution >= 4 is 11.4 Å². The first-order valence-corrected chi connectivity index (χ1v) is 8.25. The van der Waals surface area contributed by atoms with E-state index in [-0.39, 0.29) is 0 Å². The maximum Gasteiger partial charge on any atom is 0.151 e. The maximum absolute atomic E-state index is 9.40. The number of hydrogen-bond acceptors (Lipinski definition) is 5. The lowest BCUT2D eigenvalue weighted by Gasteiger charge is -2.27. The highest BCUT2D eigenvalue weighted by Gasteiger charge is 2.15. The molecule has 0 bridgehead atoms.